The number of benzene rings is 2. The van der Waals surface area contributed by atoms with Gasteiger partial charge < -0.3 is 16.0 Å². The molecule has 0 saturated heterocycles. The monoisotopic (exact) mass is 323 g/mol. The van der Waals surface area contributed by atoms with Crippen LogP contribution in [0.1, 0.15) is 10.4 Å². The molecule has 0 bridgehead atoms. The summed E-state index contributed by atoms with van der Waals surface area (Å²) in [5.74, 6) is -0.276. The van der Waals surface area contributed by atoms with Crippen molar-refractivity contribution < 1.29 is 4.79 Å². The molecule has 0 aliphatic rings. The van der Waals surface area contributed by atoms with E-state index in [0.29, 0.717) is 27.0 Å². The Morgan fingerprint density at radius 3 is 2.48 bits per heavy atom. The highest BCUT2D eigenvalue weighted by Gasteiger charge is 2.13. The number of hydrogen-bond donors (Lipinski definition) is 2. The van der Waals surface area contributed by atoms with E-state index < -0.39 is 0 Å². The molecule has 0 saturated carbocycles. The molecule has 0 aliphatic carbocycles. The van der Waals surface area contributed by atoms with Crippen molar-refractivity contribution in [3.63, 3.8) is 0 Å². The molecule has 6 heteroatoms. The van der Waals surface area contributed by atoms with E-state index in [4.69, 9.17) is 28.9 Å². The molecule has 2 rings (SSSR count). The van der Waals surface area contributed by atoms with Crippen molar-refractivity contribution in [3.05, 3.63) is 52.0 Å². The highest BCUT2D eigenvalue weighted by atomic mass is 35.5. The number of nitrogens with zero attached hydrogens (tertiary/aromatic N) is 1. The van der Waals surface area contributed by atoms with Gasteiger partial charge in [0, 0.05) is 19.7 Å². The molecule has 0 radical (unpaired) electrons. The van der Waals surface area contributed by atoms with E-state index >= 15 is 0 Å². The van der Waals surface area contributed by atoms with Gasteiger partial charge in [-0.3, -0.25) is 4.79 Å². The van der Waals surface area contributed by atoms with Gasteiger partial charge in [0.2, 0.25) is 0 Å². The number of nitrogen functional groups attached to an aromatic ring is 1. The van der Waals surface area contributed by atoms with Crippen molar-refractivity contribution in [1.82, 2.24) is 0 Å². The molecular weight excluding hydrogens is 309 g/mol. The van der Waals surface area contributed by atoms with E-state index in [1.807, 2.05) is 19.0 Å². The van der Waals surface area contributed by atoms with Crippen molar-refractivity contribution in [3.8, 4) is 0 Å². The lowest BCUT2D eigenvalue weighted by molar-refractivity contribution is 0.102. The van der Waals surface area contributed by atoms with Gasteiger partial charge in [-0.1, -0.05) is 29.3 Å². The smallest absolute Gasteiger partial charge is 0.255 e. The van der Waals surface area contributed by atoms with Crippen molar-refractivity contribution >= 4 is 46.2 Å². The molecule has 0 fully saturated rings. The second kappa shape index (κ2) is 6.24. The zero-order valence-corrected chi connectivity index (χ0v) is 13.2. The normalized spacial score (nSPS) is 10.3. The van der Waals surface area contributed by atoms with Gasteiger partial charge in [0.25, 0.3) is 5.91 Å². The zero-order valence-electron chi connectivity index (χ0n) is 11.7. The van der Waals surface area contributed by atoms with Crippen LogP contribution in [0.25, 0.3) is 0 Å². The van der Waals surface area contributed by atoms with E-state index in [1.54, 1.807) is 30.3 Å². The Hall–Kier alpha value is -1.91. The van der Waals surface area contributed by atoms with Crippen LogP contribution in [0.3, 0.4) is 0 Å². The summed E-state index contributed by atoms with van der Waals surface area (Å²) in [5.41, 5.74) is 7.88. The van der Waals surface area contributed by atoms with Crippen LogP contribution >= 0.6 is 23.2 Å². The minimum Gasteiger partial charge on any atom is -0.398 e. The summed E-state index contributed by atoms with van der Waals surface area (Å²) < 4.78 is 0. The molecule has 3 N–H and O–H groups in total. The van der Waals surface area contributed by atoms with Gasteiger partial charge in [-0.15, -0.1) is 0 Å². The quantitative estimate of drug-likeness (QED) is 0.842. The van der Waals surface area contributed by atoms with Crippen LogP contribution in [0.15, 0.2) is 36.4 Å². The second-order valence-electron chi connectivity index (χ2n) is 4.72. The molecule has 4 nitrogen and oxygen atoms in total. The molecule has 0 atom stereocenters. The fourth-order valence-electron chi connectivity index (χ4n) is 1.93. The topological polar surface area (TPSA) is 58.4 Å². The molecule has 0 aliphatic heterocycles. The lowest BCUT2D eigenvalue weighted by Gasteiger charge is -2.19. The van der Waals surface area contributed by atoms with Crippen LogP contribution in [0.5, 0.6) is 0 Å². The van der Waals surface area contributed by atoms with Gasteiger partial charge in [-0.25, -0.2) is 0 Å². The maximum Gasteiger partial charge on any atom is 0.255 e. The lowest BCUT2D eigenvalue weighted by Crippen LogP contribution is -2.17. The molecule has 0 aromatic heterocycles. The van der Waals surface area contributed by atoms with E-state index in [9.17, 15) is 4.79 Å². The fraction of sp³-hybridized carbons (Fsp3) is 0.133. The molecule has 0 heterocycles. The van der Waals surface area contributed by atoms with E-state index in [0.717, 1.165) is 5.69 Å². The average molecular weight is 324 g/mol. The minimum atomic E-state index is -0.276. The Balaban J connectivity index is 2.31. The summed E-state index contributed by atoms with van der Waals surface area (Å²) in [5, 5.41) is 3.74. The molecule has 2 aromatic rings. The lowest BCUT2D eigenvalue weighted by atomic mass is 10.1. The van der Waals surface area contributed by atoms with Crippen LogP contribution in [0.2, 0.25) is 10.0 Å². The van der Waals surface area contributed by atoms with Gasteiger partial charge in [0.05, 0.1) is 27.1 Å². The number of carbonyl (C=O) groups excluding carboxylic acids is 1. The number of halogens is 2. The number of rotatable bonds is 3. The molecular formula is C15H15Cl2N3O. The van der Waals surface area contributed by atoms with Gasteiger partial charge in [0.1, 0.15) is 0 Å². The molecule has 110 valence electrons. The number of anilines is 3. The molecule has 2 aromatic carbocycles. The molecule has 21 heavy (non-hydrogen) atoms. The number of carbonyl (C=O) groups is 1. The van der Waals surface area contributed by atoms with Crippen LogP contribution in [-0.2, 0) is 0 Å². The van der Waals surface area contributed by atoms with Gasteiger partial charge >= 0.3 is 0 Å². The predicted octanol–water partition coefficient (Wildman–Crippen LogP) is 3.89. The van der Waals surface area contributed by atoms with Gasteiger partial charge in [0.15, 0.2) is 0 Å². The highest BCUT2D eigenvalue weighted by molar-refractivity contribution is 6.34. The Labute approximate surface area is 133 Å². The van der Waals surface area contributed by atoms with E-state index in [1.165, 1.54) is 6.07 Å². The Morgan fingerprint density at radius 1 is 1.14 bits per heavy atom. The fourth-order valence-corrected chi connectivity index (χ4v) is 2.46. The number of hydrogen-bond acceptors (Lipinski definition) is 3. The number of amides is 1. The SMILES string of the molecule is CN(C)c1c(Cl)cccc1NC(=O)c1ccc(N)c(Cl)c1. The summed E-state index contributed by atoms with van der Waals surface area (Å²) in [6, 6.07) is 10.1. The third-order valence-corrected chi connectivity index (χ3v) is 3.58. The number of nitrogens with one attached hydrogen (secondary N) is 1. The van der Waals surface area contributed by atoms with Crippen molar-refractivity contribution in [1.29, 1.82) is 0 Å². The Morgan fingerprint density at radius 2 is 1.86 bits per heavy atom. The van der Waals surface area contributed by atoms with Crippen LogP contribution in [0.4, 0.5) is 17.1 Å². The number of nitrogens with two attached hydrogens (primary N) is 1. The first-order chi connectivity index (χ1) is 9.90. The van der Waals surface area contributed by atoms with Crippen molar-refractivity contribution in [2.75, 3.05) is 30.0 Å². The highest BCUT2D eigenvalue weighted by Crippen LogP contribution is 2.32. The van der Waals surface area contributed by atoms with Gasteiger partial charge in [-0.05, 0) is 30.3 Å². The standard InChI is InChI=1S/C15H15Cl2N3O/c1-20(2)14-10(16)4-3-5-13(14)19-15(21)9-6-7-12(18)11(17)8-9/h3-8H,18H2,1-2H3,(H,19,21). The summed E-state index contributed by atoms with van der Waals surface area (Å²) in [6.45, 7) is 0. The zero-order chi connectivity index (χ0) is 15.6. The first-order valence-electron chi connectivity index (χ1n) is 6.22. The molecule has 0 spiro atoms. The first-order valence-corrected chi connectivity index (χ1v) is 6.98. The second-order valence-corrected chi connectivity index (χ2v) is 5.54. The third kappa shape index (κ3) is 3.40. The summed E-state index contributed by atoms with van der Waals surface area (Å²) in [4.78, 5) is 14.1. The summed E-state index contributed by atoms with van der Waals surface area (Å²) in [6.07, 6.45) is 0. The van der Waals surface area contributed by atoms with E-state index in [2.05, 4.69) is 5.32 Å². The van der Waals surface area contributed by atoms with Crippen LogP contribution in [-0.4, -0.2) is 20.0 Å². The van der Waals surface area contributed by atoms with Crippen LogP contribution < -0.4 is 16.0 Å². The van der Waals surface area contributed by atoms with Gasteiger partial charge in [-0.2, -0.15) is 0 Å². The van der Waals surface area contributed by atoms with Crippen molar-refractivity contribution in [2.24, 2.45) is 0 Å². The maximum absolute atomic E-state index is 12.3. The average Bonchev–Trinajstić information content (AvgIpc) is 2.41. The Kier molecular flexibility index (Phi) is 4.60. The van der Waals surface area contributed by atoms with Crippen molar-refractivity contribution in [2.45, 2.75) is 0 Å². The maximum atomic E-state index is 12.3. The Bertz CT molecular complexity index is 687. The largest absolute Gasteiger partial charge is 0.398 e. The molecule has 0 unspecified atom stereocenters. The number of para-hydroxylation sites is 1. The predicted molar refractivity (Wildman–Crippen MR) is 89.6 cm³/mol. The molecule has 1 amide bonds. The van der Waals surface area contributed by atoms with Crippen LogP contribution in [0, 0.1) is 0 Å². The first kappa shape index (κ1) is 15.5. The van der Waals surface area contributed by atoms with E-state index in [-0.39, 0.29) is 5.91 Å². The summed E-state index contributed by atoms with van der Waals surface area (Å²) in [7, 11) is 3.72. The minimum absolute atomic E-state index is 0.276. The summed E-state index contributed by atoms with van der Waals surface area (Å²) >= 11 is 12.1. The third-order valence-electron chi connectivity index (χ3n) is 2.94.